The fourth-order valence-electron chi connectivity index (χ4n) is 1.52. The van der Waals surface area contributed by atoms with Crippen LogP contribution in [-0.2, 0) is 10.0 Å². The minimum absolute atomic E-state index is 0.0280. The van der Waals surface area contributed by atoms with Crippen molar-refractivity contribution in [2.24, 2.45) is 0 Å². The molecule has 2 rings (SSSR count). The maximum absolute atomic E-state index is 13.8. The predicted molar refractivity (Wildman–Crippen MR) is 67.6 cm³/mol. The Balaban J connectivity index is 2.56. The van der Waals surface area contributed by atoms with Gasteiger partial charge in [-0.1, -0.05) is 17.0 Å². The first-order valence-corrected chi connectivity index (χ1v) is 6.93. The van der Waals surface area contributed by atoms with Crippen LogP contribution in [0.3, 0.4) is 0 Å². The fourth-order valence-corrected chi connectivity index (χ4v) is 2.75. The lowest BCUT2D eigenvalue weighted by atomic mass is 10.2. The molecule has 110 valence electrons. The van der Waals surface area contributed by atoms with E-state index in [1.54, 1.807) is 0 Å². The molecule has 0 aliphatic carbocycles. The summed E-state index contributed by atoms with van der Waals surface area (Å²) in [6.45, 7) is -0.587. The van der Waals surface area contributed by atoms with Crippen molar-refractivity contribution in [2.75, 3.05) is 11.3 Å². The average Bonchev–Trinajstić information content (AvgIpc) is 2.86. The van der Waals surface area contributed by atoms with E-state index in [9.17, 15) is 17.2 Å². The summed E-state index contributed by atoms with van der Waals surface area (Å²) in [4.78, 5) is -0.828. The van der Waals surface area contributed by atoms with Gasteiger partial charge in [-0.05, 0) is 6.07 Å². The summed E-state index contributed by atoms with van der Waals surface area (Å²) in [5, 5.41) is 11.9. The van der Waals surface area contributed by atoms with E-state index in [-0.39, 0.29) is 5.69 Å². The predicted octanol–water partition coefficient (Wildman–Crippen LogP) is 1.10. The van der Waals surface area contributed by atoms with Gasteiger partial charge >= 0.3 is 0 Å². The van der Waals surface area contributed by atoms with Crippen LogP contribution in [0.1, 0.15) is 5.56 Å². The molecule has 0 amide bonds. The number of aromatic nitrogens is 1. The maximum Gasteiger partial charge on any atom is 0.266 e. The van der Waals surface area contributed by atoms with Crippen LogP contribution in [0.2, 0.25) is 0 Å². The van der Waals surface area contributed by atoms with E-state index in [0.29, 0.717) is 6.07 Å². The summed E-state index contributed by atoms with van der Waals surface area (Å²) in [5.41, 5.74) is -0.440. The summed E-state index contributed by atoms with van der Waals surface area (Å²) in [5.74, 6) is 2.04. The van der Waals surface area contributed by atoms with Crippen LogP contribution < -0.4 is 4.72 Å². The van der Waals surface area contributed by atoms with Crippen molar-refractivity contribution in [3.63, 3.8) is 0 Å². The van der Waals surface area contributed by atoms with E-state index in [1.165, 1.54) is 0 Å². The highest BCUT2D eigenvalue weighted by Crippen LogP contribution is 2.23. The largest absolute Gasteiger partial charge is 0.384 e. The Morgan fingerprint density at radius 2 is 2.14 bits per heavy atom. The van der Waals surface area contributed by atoms with Crippen LogP contribution >= 0.6 is 0 Å². The molecule has 21 heavy (non-hydrogen) atoms. The van der Waals surface area contributed by atoms with Gasteiger partial charge in [0, 0.05) is 6.07 Å². The van der Waals surface area contributed by atoms with Crippen molar-refractivity contribution in [3.05, 3.63) is 41.8 Å². The number of nitrogens with zero attached hydrogens (tertiary/aromatic N) is 1. The number of hydrogen-bond donors (Lipinski definition) is 2. The zero-order chi connectivity index (χ0) is 15.5. The van der Waals surface area contributed by atoms with Crippen LogP contribution in [0.4, 0.5) is 14.5 Å². The van der Waals surface area contributed by atoms with E-state index in [4.69, 9.17) is 5.11 Å². The molecule has 0 unspecified atom stereocenters. The Morgan fingerprint density at radius 3 is 2.76 bits per heavy atom. The SMILES string of the molecule is O=S(=O)(Nc1cnoc1)c1c(F)cc(F)cc1C#CCO. The summed E-state index contributed by atoms with van der Waals surface area (Å²) >= 11 is 0. The van der Waals surface area contributed by atoms with Gasteiger partial charge in [0.05, 0.1) is 11.8 Å². The van der Waals surface area contributed by atoms with E-state index in [2.05, 4.69) is 21.5 Å². The Kier molecular flexibility index (Phi) is 4.21. The van der Waals surface area contributed by atoms with Crippen LogP contribution in [-0.4, -0.2) is 25.3 Å². The second-order valence-corrected chi connectivity index (χ2v) is 5.36. The molecule has 1 aromatic heterocycles. The molecule has 0 spiro atoms. The lowest BCUT2D eigenvalue weighted by Gasteiger charge is -2.09. The number of nitrogens with one attached hydrogen (secondary N) is 1. The first-order valence-electron chi connectivity index (χ1n) is 5.45. The summed E-state index contributed by atoms with van der Waals surface area (Å²) in [6, 6.07) is 1.18. The average molecular weight is 314 g/mol. The van der Waals surface area contributed by atoms with Gasteiger partial charge < -0.3 is 9.63 Å². The standard InChI is InChI=1S/C12H8F2N2O4S/c13-9-4-8(2-1-3-17)12(11(14)5-9)21(18,19)16-10-6-15-20-7-10/h4-7,16-17H,3H2. The van der Waals surface area contributed by atoms with Gasteiger partial charge in [-0.3, -0.25) is 4.72 Å². The monoisotopic (exact) mass is 314 g/mol. The highest BCUT2D eigenvalue weighted by atomic mass is 32.2. The number of aliphatic hydroxyl groups is 1. The molecule has 0 saturated heterocycles. The van der Waals surface area contributed by atoms with Gasteiger partial charge in [-0.25, -0.2) is 17.2 Å². The number of anilines is 1. The summed E-state index contributed by atoms with van der Waals surface area (Å²) in [6.07, 6.45) is 2.07. The van der Waals surface area contributed by atoms with Crippen LogP contribution in [0, 0.1) is 23.5 Å². The minimum Gasteiger partial charge on any atom is -0.384 e. The van der Waals surface area contributed by atoms with Crippen molar-refractivity contribution in [1.29, 1.82) is 0 Å². The topological polar surface area (TPSA) is 92.4 Å². The van der Waals surface area contributed by atoms with Gasteiger partial charge in [0.25, 0.3) is 10.0 Å². The highest BCUT2D eigenvalue weighted by Gasteiger charge is 2.24. The van der Waals surface area contributed by atoms with E-state index < -0.39 is 38.7 Å². The Morgan fingerprint density at radius 1 is 1.38 bits per heavy atom. The molecule has 1 aromatic carbocycles. The molecular formula is C12H8F2N2O4S. The number of hydrogen-bond acceptors (Lipinski definition) is 5. The van der Waals surface area contributed by atoms with Crippen molar-refractivity contribution in [2.45, 2.75) is 4.90 Å². The first kappa shape index (κ1) is 15.0. The third kappa shape index (κ3) is 3.36. The van der Waals surface area contributed by atoms with Gasteiger partial charge in [0.2, 0.25) is 0 Å². The fraction of sp³-hybridized carbons (Fsp3) is 0.0833. The molecule has 0 saturated carbocycles. The zero-order valence-corrected chi connectivity index (χ0v) is 11.1. The summed E-state index contributed by atoms with van der Waals surface area (Å²) < 4.78 is 57.8. The third-order valence-electron chi connectivity index (χ3n) is 2.26. The number of halogens is 2. The number of benzene rings is 1. The van der Waals surface area contributed by atoms with Crippen molar-refractivity contribution in [1.82, 2.24) is 5.16 Å². The Hall–Kier alpha value is -2.44. The van der Waals surface area contributed by atoms with E-state index in [0.717, 1.165) is 18.5 Å². The van der Waals surface area contributed by atoms with Gasteiger partial charge in [0.1, 0.15) is 35.1 Å². The normalized spacial score (nSPS) is 10.8. The zero-order valence-electron chi connectivity index (χ0n) is 10.3. The first-order chi connectivity index (χ1) is 9.94. The molecule has 0 aliphatic rings. The van der Waals surface area contributed by atoms with E-state index in [1.807, 2.05) is 4.72 Å². The molecule has 0 bridgehead atoms. The molecule has 2 N–H and O–H groups in total. The maximum atomic E-state index is 13.8. The van der Waals surface area contributed by atoms with Crippen LogP contribution in [0.25, 0.3) is 0 Å². The lowest BCUT2D eigenvalue weighted by Crippen LogP contribution is -2.16. The Bertz CT molecular complexity index is 808. The van der Waals surface area contributed by atoms with Crippen LogP contribution in [0.15, 0.2) is 34.0 Å². The molecule has 0 atom stereocenters. The smallest absolute Gasteiger partial charge is 0.266 e. The third-order valence-corrected chi connectivity index (χ3v) is 3.72. The van der Waals surface area contributed by atoms with Crippen molar-refractivity contribution >= 4 is 15.7 Å². The van der Waals surface area contributed by atoms with Gasteiger partial charge in [0.15, 0.2) is 0 Å². The lowest BCUT2D eigenvalue weighted by molar-refractivity contribution is 0.350. The van der Waals surface area contributed by atoms with Crippen LogP contribution in [0.5, 0.6) is 0 Å². The van der Waals surface area contributed by atoms with Gasteiger partial charge in [-0.15, -0.1) is 0 Å². The minimum atomic E-state index is -4.37. The quantitative estimate of drug-likeness (QED) is 0.828. The number of aliphatic hydroxyl groups excluding tert-OH is 1. The Labute approximate surface area is 118 Å². The number of rotatable bonds is 3. The molecule has 0 aliphatic heterocycles. The number of sulfonamides is 1. The van der Waals surface area contributed by atoms with Crippen molar-refractivity contribution < 1.29 is 26.8 Å². The molecular weight excluding hydrogens is 306 g/mol. The molecule has 0 fully saturated rings. The molecule has 0 radical (unpaired) electrons. The van der Waals surface area contributed by atoms with Gasteiger partial charge in [-0.2, -0.15) is 0 Å². The second kappa shape index (κ2) is 5.90. The molecule has 9 heteroatoms. The molecule has 1 heterocycles. The summed E-state index contributed by atoms with van der Waals surface area (Å²) in [7, 11) is -4.37. The highest BCUT2D eigenvalue weighted by molar-refractivity contribution is 7.92. The van der Waals surface area contributed by atoms with E-state index >= 15 is 0 Å². The second-order valence-electron chi connectivity index (χ2n) is 3.74. The van der Waals surface area contributed by atoms with Crippen molar-refractivity contribution in [3.8, 4) is 11.8 Å². The molecule has 2 aromatic rings. The molecule has 6 nitrogen and oxygen atoms in total.